The van der Waals surface area contributed by atoms with E-state index >= 15 is 0 Å². The Morgan fingerprint density at radius 2 is 1.96 bits per heavy atom. The van der Waals surface area contributed by atoms with Crippen molar-refractivity contribution >= 4 is 10.0 Å². The molecule has 1 aromatic heterocycles. The molecule has 0 amide bonds. The standard InChI is InChI=1S/C16H22N4O2S/c1-13(16-11-17-12-19-16)18-10-14-4-6-15(7-5-14)23(21,22)20-8-2-3-9-20/h4-7,11-13,18H,2-3,8-10H2,1H3,(H,17,19). The predicted octanol–water partition coefficient (Wildman–Crippen LogP) is 2.04. The van der Waals surface area contributed by atoms with E-state index in [2.05, 4.69) is 22.2 Å². The molecular formula is C16H22N4O2S. The van der Waals surface area contributed by atoms with Crippen LogP contribution in [0.5, 0.6) is 0 Å². The molecule has 1 saturated heterocycles. The van der Waals surface area contributed by atoms with Gasteiger partial charge < -0.3 is 10.3 Å². The van der Waals surface area contributed by atoms with Crippen LogP contribution in [0, 0.1) is 0 Å². The van der Waals surface area contributed by atoms with Gasteiger partial charge in [0, 0.05) is 31.9 Å². The summed E-state index contributed by atoms with van der Waals surface area (Å²) in [6.07, 6.45) is 5.36. The second-order valence-corrected chi connectivity index (χ2v) is 7.80. The van der Waals surface area contributed by atoms with Gasteiger partial charge in [-0.3, -0.25) is 0 Å². The lowest BCUT2D eigenvalue weighted by Crippen LogP contribution is -2.27. The molecule has 6 nitrogen and oxygen atoms in total. The number of H-pyrrole nitrogens is 1. The molecule has 23 heavy (non-hydrogen) atoms. The molecule has 1 aromatic carbocycles. The highest BCUT2D eigenvalue weighted by molar-refractivity contribution is 7.89. The van der Waals surface area contributed by atoms with Gasteiger partial charge in [-0.25, -0.2) is 13.4 Å². The number of aromatic nitrogens is 2. The molecule has 1 aliphatic heterocycles. The number of nitrogens with one attached hydrogen (secondary N) is 2. The van der Waals surface area contributed by atoms with Crippen LogP contribution in [-0.4, -0.2) is 35.8 Å². The maximum absolute atomic E-state index is 12.5. The molecule has 0 saturated carbocycles. The first-order valence-electron chi connectivity index (χ1n) is 7.88. The zero-order valence-corrected chi connectivity index (χ0v) is 14.0. The van der Waals surface area contributed by atoms with Crippen LogP contribution in [0.15, 0.2) is 41.7 Å². The summed E-state index contributed by atoms with van der Waals surface area (Å²) >= 11 is 0. The third-order valence-electron chi connectivity index (χ3n) is 4.22. The molecule has 7 heteroatoms. The SMILES string of the molecule is CC(NCc1ccc(S(=O)(=O)N2CCCC2)cc1)c1cnc[nH]1. The summed E-state index contributed by atoms with van der Waals surface area (Å²) < 4.78 is 26.5. The van der Waals surface area contributed by atoms with Crippen LogP contribution < -0.4 is 5.32 Å². The monoisotopic (exact) mass is 334 g/mol. The Bertz CT molecular complexity index is 720. The van der Waals surface area contributed by atoms with Crippen molar-refractivity contribution in [2.45, 2.75) is 37.2 Å². The molecule has 2 heterocycles. The van der Waals surface area contributed by atoms with E-state index in [9.17, 15) is 8.42 Å². The van der Waals surface area contributed by atoms with E-state index in [1.54, 1.807) is 29.0 Å². The minimum atomic E-state index is -3.32. The van der Waals surface area contributed by atoms with Crippen molar-refractivity contribution in [1.82, 2.24) is 19.6 Å². The number of sulfonamides is 1. The number of imidazole rings is 1. The Morgan fingerprint density at radius 1 is 1.26 bits per heavy atom. The van der Waals surface area contributed by atoms with E-state index < -0.39 is 10.0 Å². The Morgan fingerprint density at radius 3 is 2.57 bits per heavy atom. The van der Waals surface area contributed by atoms with Crippen molar-refractivity contribution in [2.24, 2.45) is 0 Å². The minimum Gasteiger partial charge on any atom is -0.347 e. The molecule has 124 valence electrons. The van der Waals surface area contributed by atoms with Gasteiger partial charge in [-0.2, -0.15) is 4.31 Å². The summed E-state index contributed by atoms with van der Waals surface area (Å²) in [6.45, 7) is 3.99. The number of nitrogens with zero attached hydrogens (tertiary/aromatic N) is 2. The lowest BCUT2D eigenvalue weighted by Gasteiger charge is -2.16. The van der Waals surface area contributed by atoms with E-state index in [0.29, 0.717) is 24.5 Å². The molecule has 1 atom stereocenters. The van der Waals surface area contributed by atoms with Gasteiger partial charge >= 0.3 is 0 Å². The van der Waals surface area contributed by atoms with Crippen LogP contribution in [0.3, 0.4) is 0 Å². The Balaban J connectivity index is 1.63. The summed E-state index contributed by atoms with van der Waals surface area (Å²) in [6, 6.07) is 7.30. The van der Waals surface area contributed by atoms with Crippen LogP contribution in [0.2, 0.25) is 0 Å². The van der Waals surface area contributed by atoms with Crippen molar-refractivity contribution in [2.75, 3.05) is 13.1 Å². The average molecular weight is 334 g/mol. The summed E-state index contributed by atoms with van der Waals surface area (Å²) in [7, 11) is -3.32. The van der Waals surface area contributed by atoms with E-state index in [4.69, 9.17) is 0 Å². The molecule has 1 fully saturated rings. The van der Waals surface area contributed by atoms with Crippen LogP contribution in [0.1, 0.15) is 37.1 Å². The van der Waals surface area contributed by atoms with Gasteiger partial charge in [0.1, 0.15) is 0 Å². The van der Waals surface area contributed by atoms with E-state index in [1.807, 2.05) is 12.1 Å². The normalized spacial score (nSPS) is 17.4. The highest BCUT2D eigenvalue weighted by Crippen LogP contribution is 2.21. The quantitative estimate of drug-likeness (QED) is 0.847. The zero-order chi connectivity index (χ0) is 16.3. The maximum Gasteiger partial charge on any atom is 0.243 e. The molecule has 3 rings (SSSR count). The molecule has 0 aliphatic carbocycles. The number of hydrogen-bond donors (Lipinski definition) is 2. The molecule has 1 aliphatic rings. The van der Waals surface area contributed by atoms with Gasteiger partial charge in [-0.15, -0.1) is 0 Å². The van der Waals surface area contributed by atoms with Gasteiger partial charge in [0.05, 0.1) is 16.9 Å². The second kappa shape index (κ2) is 6.82. The third-order valence-corrected chi connectivity index (χ3v) is 6.14. The van der Waals surface area contributed by atoms with Gasteiger partial charge in [0.2, 0.25) is 10.0 Å². The number of benzene rings is 1. The van der Waals surface area contributed by atoms with Crippen LogP contribution >= 0.6 is 0 Å². The van der Waals surface area contributed by atoms with Crippen LogP contribution in [-0.2, 0) is 16.6 Å². The zero-order valence-electron chi connectivity index (χ0n) is 13.2. The highest BCUT2D eigenvalue weighted by Gasteiger charge is 2.26. The van der Waals surface area contributed by atoms with Gasteiger partial charge in [0.25, 0.3) is 0 Å². The first kappa shape index (κ1) is 16.2. The van der Waals surface area contributed by atoms with Gasteiger partial charge in [-0.05, 0) is 37.5 Å². The molecule has 1 unspecified atom stereocenters. The molecule has 2 N–H and O–H groups in total. The van der Waals surface area contributed by atoms with Crippen LogP contribution in [0.4, 0.5) is 0 Å². The smallest absolute Gasteiger partial charge is 0.243 e. The van der Waals surface area contributed by atoms with Crippen molar-refractivity contribution in [3.63, 3.8) is 0 Å². The number of aromatic amines is 1. The third kappa shape index (κ3) is 3.63. The fourth-order valence-corrected chi connectivity index (χ4v) is 4.26. The summed E-state index contributed by atoms with van der Waals surface area (Å²) in [5.74, 6) is 0. The van der Waals surface area contributed by atoms with Gasteiger partial charge in [0.15, 0.2) is 0 Å². The van der Waals surface area contributed by atoms with E-state index in [-0.39, 0.29) is 6.04 Å². The van der Waals surface area contributed by atoms with Crippen LogP contribution in [0.25, 0.3) is 0 Å². The molecule has 2 aromatic rings. The van der Waals surface area contributed by atoms with Crippen molar-refractivity contribution < 1.29 is 8.42 Å². The fraction of sp³-hybridized carbons (Fsp3) is 0.438. The Labute approximate surface area is 137 Å². The van der Waals surface area contributed by atoms with E-state index in [1.165, 1.54) is 0 Å². The average Bonchev–Trinajstić information content (AvgIpc) is 3.25. The lowest BCUT2D eigenvalue weighted by molar-refractivity contribution is 0.477. The summed E-state index contributed by atoms with van der Waals surface area (Å²) in [4.78, 5) is 7.46. The number of hydrogen-bond acceptors (Lipinski definition) is 4. The van der Waals surface area contributed by atoms with Crippen molar-refractivity contribution in [3.05, 3.63) is 48.0 Å². The topological polar surface area (TPSA) is 78.1 Å². The first-order chi connectivity index (χ1) is 11.1. The number of rotatable bonds is 6. The molecule has 0 bridgehead atoms. The minimum absolute atomic E-state index is 0.158. The molecular weight excluding hydrogens is 312 g/mol. The fourth-order valence-electron chi connectivity index (χ4n) is 2.74. The Hall–Kier alpha value is -1.70. The Kier molecular flexibility index (Phi) is 4.79. The molecule has 0 radical (unpaired) electrons. The summed E-state index contributed by atoms with van der Waals surface area (Å²) in [5, 5.41) is 3.38. The van der Waals surface area contributed by atoms with E-state index in [0.717, 1.165) is 24.1 Å². The van der Waals surface area contributed by atoms with Gasteiger partial charge in [-0.1, -0.05) is 12.1 Å². The lowest BCUT2D eigenvalue weighted by atomic mass is 10.2. The van der Waals surface area contributed by atoms with Crippen molar-refractivity contribution in [3.8, 4) is 0 Å². The largest absolute Gasteiger partial charge is 0.347 e. The predicted molar refractivity (Wildman–Crippen MR) is 88.3 cm³/mol. The highest BCUT2D eigenvalue weighted by atomic mass is 32.2. The summed E-state index contributed by atoms with van der Waals surface area (Å²) in [5.41, 5.74) is 2.08. The first-order valence-corrected chi connectivity index (χ1v) is 9.32. The second-order valence-electron chi connectivity index (χ2n) is 5.86. The maximum atomic E-state index is 12.5. The van der Waals surface area contributed by atoms with Crippen molar-refractivity contribution in [1.29, 1.82) is 0 Å². The molecule has 0 spiro atoms.